The van der Waals surface area contributed by atoms with E-state index in [0.29, 0.717) is 17.0 Å². The van der Waals surface area contributed by atoms with Crippen LogP contribution in [0.5, 0.6) is 0 Å². The number of hydrogen-bond acceptors (Lipinski definition) is 5. The maximum atomic E-state index is 13.2. The number of thiophene rings is 1. The summed E-state index contributed by atoms with van der Waals surface area (Å²) in [5, 5.41) is 4.12. The molecule has 1 aliphatic rings. The summed E-state index contributed by atoms with van der Waals surface area (Å²) in [5.74, 6) is -0.364. The van der Waals surface area contributed by atoms with Gasteiger partial charge >= 0.3 is 0 Å². The molecule has 1 saturated heterocycles. The third-order valence-electron chi connectivity index (χ3n) is 5.41. The Morgan fingerprint density at radius 1 is 1.23 bits per heavy atom. The van der Waals surface area contributed by atoms with Gasteiger partial charge in [0.2, 0.25) is 5.43 Å². The van der Waals surface area contributed by atoms with Crippen LogP contribution in [0.2, 0.25) is 5.02 Å². The highest BCUT2D eigenvalue weighted by Gasteiger charge is 2.20. The molecular formula is C23H26ClN3O3S. The molecule has 1 fully saturated rings. The van der Waals surface area contributed by atoms with Crippen molar-refractivity contribution in [2.24, 2.45) is 0 Å². The number of amides is 1. The number of benzene rings is 1. The number of carbonyl (C=O) groups excluding carboxylic acids is 1. The summed E-state index contributed by atoms with van der Waals surface area (Å²) in [6, 6.07) is 9.35. The first-order valence-electron chi connectivity index (χ1n) is 10.4. The molecule has 164 valence electrons. The van der Waals surface area contributed by atoms with E-state index >= 15 is 0 Å². The van der Waals surface area contributed by atoms with Crippen LogP contribution < -0.4 is 10.7 Å². The highest BCUT2D eigenvalue weighted by atomic mass is 35.5. The van der Waals surface area contributed by atoms with Gasteiger partial charge in [-0.25, -0.2) is 0 Å². The Kier molecular flexibility index (Phi) is 6.77. The van der Waals surface area contributed by atoms with Gasteiger partial charge in [0.15, 0.2) is 0 Å². The van der Waals surface area contributed by atoms with Gasteiger partial charge < -0.3 is 14.6 Å². The fraction of sp³-hybridized carbons (Fsp3) is 0.391. The predicted molar refractivity (Wildman–Crippen MR) is 125 cm³/mol. The highest BCUT2D eigenvalue weighted by molar-refractivity contribution is 7.18. The standard InChI is InChI=1S/C23H26ClN3O3S/c1-15(2)27-14-20(22(29)25-12-16-3-5-17(24)6-4-16)21(28)19-11-18(31-23(19)27)13-26-7-9-30-10-8-26/h3-6,11,14-15H,7-10,12-13H2,1-2H3,(H,25,29). The van der Waals surface area contributed by atoms with Gasteiger partial charge in [-0.3, -0.25) is 14.5 Å². The van der Waals surface area contributed by atoms with E-state index in [2.05, 4.69) is 24.1 Å². The Morgan fingerprint density at radius 2 is 1.94 bits per heavy atom. The number of halogens is 1. The van der Waals surface area contributed by atoms with Crippen LogP contribution >= 0.6 is 22.9 Å². The monoisotopic (exact) mass is 459 g/mol. The lowest BCUT2D eigenvalue weighted by molar-refractivity contribution is 0.0346. The van der Waals surface area contributed by atoms with Crippen molar-refractivity contribution in [3.05, 3.63) is 67.8 Å². The summed E-state index contributed by atoms with van der Waals surface area (Å²) < 4.78 is 7.45. The average Bonchev–Trinajstić information content (AvgIpc) is 3.18. The zero-order valence-electron chi connectivity index (χ0n) is 17.7. The SMILES string of the molecule is CC(C)n1cc(C(=O)NCc2ccc(Cl)cc2)c(=O)c2cc(CN3CCOCC3)sc21. The second kappa shape index (κ2) is 9.53. The van der Waals surface area contributed by atoms with Crippen molar-refractivity contribution in [2.45, 2.75) is 33.0 Å². The molecule has 3 heterocycles. The van der Waals surface area contributed by atoms with Gasteiger partial charge in [-0.05, 0) is 37.6 Å². The largest absolute Gasteiger partial charge is 0.379 e. The number of ether oxygens (including phenoxy) is 1. The fourth-order valence-corrected chi connectivity index (χ4v) is 5.10. The molecule has 1 N–H and O–H groups in total. The molecule has 3 aromatic rings. The van der Waals surface area contributed by atoms with Gasteiger partial charge in [0.25, 0.3) is 5.91 Å². The predicted octanol–water partition coefficient (Wildman–Crippen LogP) is 4.06. The Bertz CT molecular complexity index is 1130. The summed E-state index contributed by atoms with van der Waals surface area (Å²) in [6.07, 6.45) is 1.70. The van der Waals surface area contributed by atoms with Crippen LogP contribution in [0.3, 0.4) is 0 Å². The molecule has 0 radical (unpaired) electrons. The fourth-order valence-electron chi connectivity index (χ4n) is 3.67. The Labute approximate surface area is 190 Å². The number of nitrogens with zero attached hydrogens (tertiary/aromatic N) is 2. The van der Waals surface area contributed by atoms with E-state index in [1.165, 1.54) is 0 Å². The van der Waals surface area contributed by atoms with E-state index in [4.69, 9.17) is 16.3 Å². The first-order chi connectivity index (χ1) is 14.9. The molecule has 6 nitrogen and oxygen atoms in total. The van der Waals surface area contributed by atoms with Crippen molar-refractivity contribution in [3.63, 3.8) is 0 Å². The zero-order chi connectivity index (χ0) is 22.0. The number of morpholine rings is 1. The summed E-state index contributed by atoms with van der Waals surface area (Å²) in [4.78, 5) is 30.4. The number of pyridine rings is 1. The second-order valence-corrected chi connectivity index (χ2v) is 9.55. The first kappa shape index (κ1) is 22.0. The maximum Gasteiger partial charge on any atom is 0.257 e. The second-order valence-electron chi connectivity index (χ2n) is 8.00. The molecule has 8 heteroatoms. The number of rotatable bonds is 6. The smallest absolute Gasteiger partial charge is 0.257 e. The summed E-state index contributed by atoms with van der Waals surface area (Å²) in [5.41, 5.74) is 0.877. The van der Waals surface area contributed by atoms with Crippen molar-refractivity contribution in [1.29, 1.82) is 0 Å². The Hall–Kier alpha value is -2.19. The van der Waals surface area contributed by atoms with Gasteiger partial charge in [0.1, 0.15) is 10.4 Å². The van der Waals surface area contributed by atoms with Gasteiger partial charge in [-0.2, -0.15) is 0 Å². The number of hydrogen-bond donors (Lipinski definition) is 1. The molecule has 1 aromatic carbocycles. The number of nitrogens with one attached hydrogen (secondary N) is 1. The van der Waals surface area contributed by atoms with Crippen LogP contribution in [0.15, 0.2) is 41.3 Å². The highest BCUT2D eigenvalue weighted by Crippen LogP contribution is 2.27. The third kappa shape index (κ3) is 5.01. The molecular weight excluding hydrogens is 434 g/mol. The molecule has 0 atom stereocenters. The summed E-state index contributed by atoms with van der Waals surface area (Å²) in [7, 11) is 0. The van der Waals surface area contributed by atoms with Gasteiger partial charge in [0, 0.05) is 48.3 Å². The van der Waals surface area contributed by atoms with Crippen molar-refractivity contribution >= 4 is 39.1 Å². The molecule has 0 spiro atoms. The number of aromatic nitrogens is 1. The minimum absolute atomic E-state index is 0.126. The van der Waals surface area contributed by atoms with Crippen LogP contribution in [0.4, 0.5) is 0 Å². The maximum absolute atomic E-state index is 13.2. The van der Waals surface area contributed by atoms with Crippen LogP contribution in [-0.2, 0) is 17.8 Å². The van der Waals surface area contributed by atoms with E-state index < -0.39 is 0 Å². The summed E-state index contributed by atoms with van der Waals surface area (Å²) >= 11 is 7.55. The Balaban J connectivity index is 1.62. The van der Waals surface area contributed by atoms with Crippen LogP contribution in [-0.4, -0.2) is 41.7 Å². The minimum Gasteiger partial charge on any atom is -0.379 e. The molecule has 31 heavy (non-hydrogen) atoms. The quantitative estimate of drug-likeness (QED) is 0.603. The molecule has 0 saturated carbocycles. The summed E-state index contributed by atoms with van der Waals surface area (Å²) in [6.45, 7) is 8.49. The van der Waals surface area contributed by atoms with E-state index in [-0.39, 0.29) is 22.9 Å². The van der Waals surface area contributed by atoms with Gasteiger partial charge in [0.05, 0.1) is 18.6 Å². The number of carbonyl (C=O) groups is 1. The van der Waals surface area contributed by atoms with Crippen molar-refractivity contribution in [2.75, 3.05) is 26.3 Å². The topological polar surface area (TPSA) is 63.6 Å². The Morgan fingerprint density at radius 3 is 2.61 bits per heavy atom. The molecule has 1 amide bonds. The molecule has 4 rings (SSSR count). The third-order valence-corrected chi connectivity index (χ3v) is 6.79. The lowest BCUT2D eigenvalue weighted by atomic mass is 10.1. The lowest BCUT2D eigenvalue weighted by Crippen LogP contribution is -2.35. The van der Waals surface area contributed by atoms with Crippen LogP contribution in [0, 0.1) is 0 Å². The average molecular weight is 460 g/mol. The van der Waals surface area contributed by atoms with Crippen LogP contribution in [0.1, 0.15) is 40.7 Å². The van der Waals surface area contributed by atoms with Crippen molar-refractivity contribution in [1.82, 2.24) is 14.8 Å². The van der Waals surface area contributed by atoms with Crippen molar-refractivity contribution < 1.29 is 9.53 Å². The lowest BCUT2D eigenvalue weighted by Gasteiger charge is -2.25. The van der Waals surface area contributed by atoms with E-state index in [0.717, 1.165) is 48.1 Å². The van der Waals surface area contributed by atoms with E-state index in [9.17, 15) is 9.59 Å². The minimum atomic E-state index is -0.364. The molecule has 0 unspecified atom stereocenters. The molecule has 0 aliphatic carbocycles. The van der Waals surface area contributed by atoms with Gasteiger partial charge in [-0.15, -0.1) is 11.3 Å². The van der Waals surface area contributed by atoms with Crippen LogP contribution in [0.25, 0.3) is 10.2 Å². The van der Waals surface area contributed by atoms with E-state index in [1.54, 1.807) is 29.7 Å². The molecule has 1 aliphatic heterocycles. The van der Waals surface area contributed by atoms with E-state index in [1.807, 2.05) is 22.8 Å². The normalized spacial score (nSPS) is 15.0. The number of fused-ring (bicyclic) bond motifs is 1. The molecule has 2 aromatic heterocycles. The first-order valence-corrected chi connectivity index (χ1v) is 11.6. The van der Waals surface area contributed by atoms with Crippen molar-refractivity contribution in [3.8, 4) is 0 Å². The molecule has 0 bridgehead atoms. The van der Waals surface area contributed by atoms with Gasteiger partial charge in [-0.1, -0.05) is 23.7 Å². The zero-order valence-corrected chi connectivity index (χ0v) is 19.3.